The first-order valence-corrected chi connectivity index (χ1v) is 6.27. The summed E-state index contributed by atoms with van der Waals surface area (Å²) >= 11 is 0. The fourth-order valence-electron chi connectivity index (χ4n) is 2.12. The predicted molar refractivity (Wildman–Crippen MR) is 73.9 cm³/mol. The molecule has 1 atom stereocenters. The smallest absolute Gasteiger partial charge is 0.131 e. The van der Waals surface area contributed by atoms with Crippen LogP contribution in [0.15, 0.2) is 48.5 Å². The molecule has 1 unspecified atom stereocenters. The van der Waals surface area contributed by atoms with Gasteiger partial charge in [-0.1, -0.05) is 49.4 Å². The highest BCUT2D eigenvalue weighted by atomic mass is 19.1. The molecule has 0 saturated carbocycles. The largest absolute Gasteiger partial charge is 0.330 e. The van der Waals surface area contributed by atoms with Crippen LogP contribution in [0.5, 0.6) is 0 Å². The maximum atomic E-state index is 13.7. The van der Waals surface area contributed by atoms with Gasteiger partial charge in [0.1, 0.15) is 5.82 Å². The van der Waals surface area contributed by atoms with Crippen molar-refractivity contribution in [2.75, 3.05) is 6.54 Å². The molecule has 0 fully saturated rings. The molecular weight excluding hydrogens is 225 g/mol. The van der Waals surface area contributed by atoms with Crippen LogP contribution in [0.4, 0.5) is 4.39 Å². The fourth-order valence-corrected chi connectivity index (χ4v) is 2.12. The van der Waals surface area contributed by atoms with Gasteiger partial charge in [-0.25, -0.2) is 4.39 Å². The van der Waals surface area contributed by atoms with Crippen molar-refractivity contribution in [2.24, 2.45) is 5.73 Å². The molecule has 0 aliphatic heterocycles. The third kappa shape index (κ3) is 2.77. The van der Waals surface area contributed by atoms with Gasteiger partial charge >= 0.3 is 0 Å². The summed E-state index contributed by atoms with van der Waals surface area (Å²) in [5.74, 6) is 0.225. The molecule has 0 saturated heterocycles. The first-order valence-electron chi connectivity index (χ1n) is 6.27. The van der Waals surface area contributed by atoms with E-state index < -0.39 is 0 Å². The number of hydrogen-bond acceptors (Lipinski definition) is 1. The Morgan fingerprint density at radius 1 is 1.11 bits per heavy atom. The fraction of sp³-hybridized carbons (Fsp3) is 0.250. The van der Waals surface area contributed by atoms with Gasteiger partial charge in [-0.15, -0.1) is 0 Å². The van der Waals surface area contributed by atoms with Gasteiger partial charge < -0.3 is 5.73 Å². The summed E-state index contributed by atoms with van der Waals surface area (Å²) in [5, 5.41) is 0. The lowest BCUT2D eigenvalue weighted by Crippen LogP contribution is -2.04. The van der Waals surface area contributed by atoms with Crippen molar-refractivity contribution in [3.8, 4) is 11.1 Å². The summed E-state index contributed by atoms with van der Waals surface area (Å²) in [5.41, 5.74) is 8.37. The highest BCUT2D eigenvalue weighted by Gasteiger charge is 2.08. The Labute approximate surface area is 107 Å². The Bertz CT molecular complexity index is 522. The van der Waals surface area contributed by atoms with E-state index in [4.69, 9.17) is 5.73 Å². The molecule has 2 rings (SSSR count). The minimum atomic E-state index is -0.180. The van der Waals surface area contributed by atoms with Crippen LogP contribution in [0, 0.1) is 5.82 Å². The molecule has 0 amide bonds. The van der Waals surface area contributed by atoms with Gasteiger partial charge in [0.2, 0.25) is 0 Å². The molecule has 2 N–H and O–H groups in total. The molecule has 0 radical (unpaired) electrons. The first-order chi connectivity index (χ1) is 8.72. The van der Waals surface area contributed by atoms with Gasteiger partial charge in [0.15, 0.2) is 0 Å². The standard InChI is InChI=1S/C16H18FN/c1-12(9-10-18)13-5-4-6-14(11-13)15-7-2-3-8-16(15)17/h2-8,11-12H,9-10,18H2,1H3. The number of hydrogen-bond donors (Lipinski definition) is 1. The predicted octanol–water partition coefficient (Wildman–Crippen LogP) is 3.95. The highest BCUT2D eigenvalue weighted by molar-refractivity contribution is 5.64. The summed E-state index contributed by atoms with van der Waals surface area (Å²) in [6, 6.07) is 14.9. The Morgan fingerprint density at radius 3 is 2.61 bits per heavy atom. The Kier molecular flexibility index (Phi) is 4.11. The van der Waals surface area contributed by atoms with Crippen LogP contribution in [-0.4, -0.2) is 6.54 Å². The van der Waals surface area contributed by atoms with E-state index in [9.17, 15) is 4.39 Å². The Hall–Kier alpha value is -1.67. The summed E-state index contributed by atoms with van der Waals surface area (Å²) in [4.78, 5) is 0. The maximum Gasteiger partial charge on any atom is 0.131 e. The summed E-state index contributed by atoms with van der Waals surface area (Å²) in [6.45, 7) is 2.82. The molecule has 0 spiro atoms. The molecule has 2 aromatic carbocycles. The summed E-state index contributed by atoms with van der Waals surface area (Å²) in [7, 11) is 0. The van der Waals surface area contributed by atoms with Crippen molar-refractivity contribution in [1.82, 2.24) is 0 Å². The quantitative estimate of drug-likeness (QED) is 0.864. The SMILES string of the molecule is CC(CCN)c1cccc(-c2ccccc2F)c1. The van der Waals surface area contributed by atoms with Crippen molar-refractivity contribution < 1.29 is 4.39 Å². The first kappa shape index (κ1) is 12.8. The molecule has 2 heteroatoms. The van der Waals surface area contributed by atoms with E-state index in [1.165, 1.54) is 11.6 Å². The average molecular weight is 243 g/mol. The molecular formula is C16H18FN. The third-order valence-electron chi connectivity index (χ3n) is 3.24. The van der Waals surface area contributed by atoms with Crippen LogP contribution in [-0.2, 0) is 0 Å². The normalized spacial score (nSPS) is 12.4. The lowest BCUT2D eigenvalue weighted by atomic mass is 9.94. The maximum absolute atomic E-state index is 13.7. The summed E-state index contributed by atoms with van der Waals surface area (Å²) in [6.07, 6.45) is 0.945. The Morgan fingerprint density at radius 2 is 1.89 bits per heavy atom. The van der Waals surface area contributed by atoms with Crippen LogP contribution < -0.4 is 5.73 Å². The average Bonchev–Trinajstić information content (AvgIpc) is 2.40. The summed E-state index contributed by atoms with van der Waals surface area (Å²) < 4.78 is 13.7. The molecule has 0 heterocycles. The number of nitrogens with two attached hydrogens (primary N) is 1. The zero-order valence-electron chi connectivity index (χ0n) is 10.6. The van der Waals surface area contributed by atoms with Crippen LogP contribution in [0.25, 0.3) is 11.1 Å². The zero-order chi connectivity index (χ0) is 13.0. The van der Waals surface area contributed by atoms with E-state index in [1.54, 1.807) is 6.07 Å². The number of rotatable bonds is 4. The highest BCUT2D eigenvalue weighted by Crippen LogP contribution is 2.27. The molecule has 18 heavy (non-hydrogen) atoms. The van der Waals surface area contributed by atoms with Gasteiger partial charge in [0.05, 0.1) is 0 Å². The zero-order valence-corrected chi connectivity index (χ0v) is 10.6. The lowest BCUT2D eigenvalue weighted by molar-refractivity contribution is 0.631. The Balaban J connectivity index is 2.36. The van der Waals surface area contributed by atoms with E-state index in [0.717, 1.165) is 12.0 Å². The van der Waals surface area contributed by atoms with E-state index >= 15 is 0 Å². The van der Waals surface area contributed by atoms with Gasteiger partial charge in [-0.2, -0.15) is 0 Å². The van der Waals surface area contributed by atoms with Crippen molar-refractivity contribution in [3.05, 3.63) is 59.9 Å². The molecule has 0 aromatic heterocycles. The minimum absolute atomic E-state index is 0.180. The van der Waals surface area contributed by atoms with E-state index in [0.29, 0.717) is 18.0 Å². The van der Waals surface area contributed by atoms with Gasteiger partial charge in [-0.3, -0.25) is 0 Å². The van der Waals surface area contributed by atoms with Crippen molar-refractivity contribution in [2.45, 2.75) is 19.3 Å². The van der Waals surface area contributed by atoms with Crippen LogP contribution in [0.3, 0.4) is 0 Å². The molecule has 1 nitrogen and oxygen atoms in total. The second-order valence-corrected chi connectivity index (χ2v) is 4.58. The van der Waals surface area contributed by atoms with Crippen LogP contribution in [0.1, 0.15) is 24.8 Å². The second-order valence-electron chi connectivity index (χ2n) is 4.58. The molecule has 94 valence electrons. The number of halogens is 1. The van der Waals surface area contributed by atoms with E-state index in [-0.39, 0.29) is 5.82 Å². The molecule has 2 aromatic rings. The van der Waals surface area contributed by atoms with Gasteiger partial charge in [0.25, 0.3) is 0 Å². The minimum Gasteiger partial charge on any atom is -0.330 e. The lowest BCUT2D eigenvalue weighted by Gasteiger charge is -2.12. The molecule has 0 bridgehead atoms. The monoisotopic (exact) mass is 243 g/mol. The van der Waals surface area contributed by atoms with Crippen molar-refractivity contribution >= 4 is 0 Å². The topological polar surface area (TPSA) is 26.0 Å². The molecule has 0 aliphatic rings. The molecule has 0 aliphatic carbocycles. The van der Waals surface area contributed by atoms with Crippen LogP contribution >= 0.6 is 0 Å². The third-order valence-corrected chi connectivity index (χ3v) is 3.24. The van der Waals surface area contributed by atoms with Crippen LogP contribution in [0.2, 0.25) is 0 Å². The van der Waals surface area contributed by atoms with E-state index in [1.807, 2.05) is 24.3 Å². The van der Waals surface area contributed by atoms with E-state index in [2.05, 4.69) is 19.1 Å². The van der Waals surface area contributed by atoms with Crippen molar-refractivity contribution in [3.63, 3.8) is 0 Å². The second kappa shape index (κ2) is 5.78. The van der Waals surface area contributed by atoms with Crippen molar-refractivity contribution in [1.29, 1.82) is 0 Å². The van der Waals surface area contributed by atoms with Gasteiger partial charge in [0, 0.05) is 5.56 Å². The number of benzene rings is 2. The van der Waals surface area contributed by atoms with Gasteiger partial charge in [-0.05, 0) is 36.1 Å².